The van der Waals surface area contributed by atoms with E-state index in [-0.39, 0.29) is 5.84 Å². The number of aryl methyl sites for hydroxylation is 1. The van der Waals surface area contributed by atoms with Crippen molar-refractivity contribution < 1.29 is 5.21 Å². The molecule has 1 aromatic carbocycles. The third kappa shape index (κ3) is 2.65. The standard InChI is InChI=1S/C13H12N6OS/c1-7-2-3-9-10(6-7)17-13(16-9)21-12-8(11(14)19-20)4-5-15-18-12/h2-6,20H,1H3,(H2,14,19)(H,16,17). The molecule has 0 radical (unpaired) electrons. The smallest absolute Gasteiger partial charge is 0.172 e. The molecule has 8 heteroatoms. The summed E-state index contributed by atoms with van der Waals surface area (Å²) in [6.45, 7) is 2.02. The topological polar surface area (TPSA) is 113 Å². The fraction of sp³-hybridized carbons (Fsp3) is 0.0769. The van der Waals surface area contributed by atoms with Gasteiger partial charge in [-0.1, -0.05) is 11.2 Å². The Bertz CT molecular complexity index is 828. The molecule has 0 fully saturated rings. The monoisotopic (exact) mass is 300 g/mol. The molecule has 0 saturated carbocycles. The molecule has 0 spiro atoms. The van der Waals surface area contributed by atoms with Crippen molar-refractivity contribution in [2.24, 2.45) is 10.9 Å². The molecule has 0 aliphatic heterocycles. The fourth-order valence-electron chi connectivity index (χ4n) is 1.88. The summed E-state index contributed by atoms with van der Waals surface area (Å²) in [7, 11) is 0. The maximum Gasteiger partial charge on any atom is 0.172 e. The first-order chi connectivity index (χ1) is 10.2. The van der Waals surface area contributed by atoms with Crippen LogP contribution in [0.2, 0.25) is 0 Å². The molecular weight excluding hydrogens is 288 g/mol. The second kappa shape index (κ2) is 5.41. The van der Waals surface area contributed by atoms with Crippen LogP contribution in [0.5, 0.6) is 0 Å². The number of nitrogens with zero attached hydrogens (tertiary/aromatic N) is 4. The van der Waals surface area contributed by atoms with E-state index < -0.39 is 0 Å². The van der Waals surface area contributed by atoms with Gasteiger partial charge in [-0.25, -0.2) is 4.98 Å². The van der Waals surface area contributed by atoms with E-state index in [9.17, 15) is 0 Å². The molecule has 3 aromatic rings. The lowest BCUT2D eigenvalue weighted by Gasteiger charge is -2.03. The molecule has 2 aromatic heterocycles. The molecule has 0 bridgehead atoms. The summed E-state index contributed by atoms with van der Waals surface area (Å²) in [5.41, 5.74) is 9.12. The van der Waals surface area contributed by atoms with Crippen LogP contribution in [0.15, 0.2) is 45.8 Å². The number of aromatic nitrogens is 4. The Labute approximate surface area is 124 Å². The van der Waals surface area contributed by atoms with Gasteiger partial charge < -0.3 is 15.9 Å². The molecule has 0 amide bonds. The van der Waals surface area contributed by atoms with Gasteiger partial charge in [-0.2, -0.15) is 5.10 Å². The number of benzene rings is 1. The number of imidazole rings is 1. The maximum absolute atomic E-state index is 8.81. The van der Waals surface area contributed by atoms with Crippen molar-refractivity contribution in [3.05, 3.63) is 41.6 Å². The van der Waals surface area contributed by atoms with E-state index in [0.29, 0.717) is 15.7 Å². The van der Waals surface area contributed by atoms with Crippen molar-refractivity contribution in [2.45, 2.75) is 17.1 Å². The second-order valence-corrected chi connectivity index (χ2v) is 5.38. The summed E-state index contributed by atoms with van der Waals surface area (Å²) in [5, 5.41) is 20.8. The lowest BCUT2D eigenvalue weighted by Crippen LogP contribution is -2.15. The molecule has 21 heavy (non-hydrogen) atoms. The van der Waals surface area contributed by atoms with Gasteiger partial charge in [-0.15, -0.1) is 5.10 Å². The second-order valence-electron chi connectivity index (χ2n) is 4.40. The van der Waals surface area contributed by atoms with Crippen molar-refractivity contribution in [1.29, 1.82) is 0 Å². The van der Waals surface area contributed by atoms with Crippen LogP contribution in [-0.2, 0) is 0 Å². The molecular formula is C13H12N6OS. The van der Waals surface area contributed by atoms with Crippen LogP contribution in [-0.4, -0.2) is 31.2 Å². The van der Waals surface area contributed by atoms with E-state index in [1.165, 1.54) is 18.0 Å². The summed E-state index contributed by atoms with van der Waals surface area (Å²) < 4.78 is 0. The Balaban J connectivity index is 1.99. The van der Waals surface area contributed by atoms with E-state index in [2.05, 4.69) is 25.3 Å². The first kappa shape index (κ1) is 13.4. The van der Waals surface area contributed by atoms with Crippen LogP contribution in [0, 0.1) is 6.92 Å². The lowest BCUT2D eigenvalue weighted by atomic mass is 10.2. The number of hydrogen-bond donors (Lipinski definition) is 3. The fourth-order valence-corrected chi connectivity index (χ4v) is 2.74. The zero-order chi connectivity index (χ0) is 14.8. The number of fused-ring (bicyclic) bond motifs is 1. The third-order valence-corrected chi connectivity index (χ3v) is 3.76. The number of H-pyrrole nitrogens is 1. The zero-order valence-corrected chi connectivity index (χ0v) is 11.9. The van der Waals surface area contributed by atoms with E-state index in [1.807, 2.05) is 25.1 Å². The van der Waals surface area contributed by atoms with Gasteiger partial charge >= 0.3 is 0 Å². The largest absolute Gasteiger partial charge is 0.409 e. The number of aromatic amines is 1. The van der Waals surface area contributed by atoms with Crippen LogP contribution in [0.4, 0.5) is 0 Å². The van der Waals surface area contributed by atoms with E-state index >= 15 is 0 Å². The molecule has 0 unspecified atom stereocenters. The first-order valence-electron chi connectivity index (χ1n) is 6.11. The van der Waals surface area contributed by atoms with Gasteiger partial charge in [0.15, 0.2) is 11.0 Å². The highest BCUT2D eigenvalue weighted by atomic mass is 32.2. The van der Waals surface area contributed by atoms with Gasteiger partial charge in [0.05, 0.1) is 22.8 Å². The highest BCUT2D eigenvalue weighted by Gasteiger charge is 2.13. The number of hydrogen-bond acceptors (Lipinski definition) is 6. The predicted molar refractivity (Wildman–Crippen MR) is 79.5 cm³/mol. The number of rotatable bonds is 3. The molecule has 0 aliphatic rings. The maximum atomic E-state index is 8.81. The summed E-state index contributed by atoms with van der Waals surface area (Å²) in [6, 6.07) is 7.61. The van der Waals surface area contributed by atoms with Crippen LogP contribution in [0.3, 0.4) is 0 Å². The number of amidine groups is 1. The van der Waals surface area contributed by atoms with Gasteiger partial charge in [0.2, 0.25) is 0 Å². The van der Waals surface area contributed by atoms with Crippen LogP contribution in [0.1, 0.15) is 11.1 Å². The molecule has 4 N–H and O–H groups in total. The predicted octanol–water partition coefficient (Wildman–Crippen LogP) is 1.91. The highest BCUT2D eigenvalue weighted by Crippen LogP contribution is 2.28. The van der Waals surface area contributed by atoms with Crippen molar-refractivity contribution >= 4 is 28.6 Å². The van der Waals surface area contributed by atoms with Gasteiger partial charge in [-0.3, -0.25) is 0 Å². The van der Waals surface area contributed by atoms with E-state index in [1.54, 1.807) is 6.07 Å². The lowest BCUT2D eigenvalue weighted by molar-refractivity contribution is 0.318. The van der Waals surface area contributed by atoms with Crippen molar-refractivity contribution in [3.63, 3.8) is 0 Å². The van der Waals surface area contributed by atoms with Gasteiger partial charge in [0, 0.05) is 0 Å². The molecule has 0 saturated heterocycles. The third-order valence-electron chi connectivity index (χ3n) is 2.88. The molecule has 106 valence electrons. The number of nitrogens with one attached hydrogen (secondary N) is 1. The van der Waals surface area contributed by atoms with Gasteiger partial charge in [0.1, 0.15) is 5.03 Å². The van der Waals surface area contributed by atoms with Gasteiger partial charge in [-0.05, 0) is 42.4 Å². The summed E-state index contributed by atoms with van der Waals surface area (Å²) in [6.07, 6.45) is 1.49. The first-order valence-corrected chi connectivity index (χ1v) is 6.93. The highest BCUT2D eigenvalue weighted by molar-refractivity contribution is 7.99. The number of oxime groups is 1. The minimum atomic E-state index is -0.0145. The molecule has 0 aliphatic carbocycles. The normalized spacial score (nSPS) is 12.0. The average molecular weight is 300 g/mol. The van der Waals surface area contributed by atoms with Crippen molar-refractivity contribution in [1.82, 2.24) is 20.2 Å². The van der Waals surface area contributed by atoms with E-state index in [0.717, 1.165) is 16.6 Å². The van der Waals surface area contributed by atoms with Crippen molar-refractivity contribution in [2.75, 3.05) is 0 Å². The minimum absolute atomic E-state index is 0.0145. The molecule has 3 rings (SSSR count). The molecule has 0 atom stereocenters. The average Bonchev–Trinajstić information content (AvgIpc) is 2.88. The summed E-state index contributed by atoms with van der Waals surface area (Å²) >= 11 is 1.28. The zero-order valence-electron chi connectivity index (χ0n) is 11.1. The summed E-state index contributed by atoms with van der Waals surface area (Å²) in [4.78, 5) is 7.68. The Morgan fingerprint density at radius 1 is 1.38 bits per heavy atom. The number of nitrogens with two attached hydrogens (primary N) is 1. The van der Waals surface area contributed by atoms with Crippen LogP contribution < -0.4 is 5.73 Å². The quantitative estimate of drug-likeness (QED) is 0.295. The molecule has 7 nitrogen and oxygen atoms in total. The van der Waals surface area contributed by atoms with Gasteiger partial charge in [0.25, 0.3) is 0 Å². The summed E-state index contributed by atoms with van der Waals surface area (Å²) in [5.74, 6) is -0.0145. The van der Waals surface area contributed by atoms with E-state index in [4.69, 9.17) is 10.9 Å². The van der Waals surface area contributed by atoms with Crippen LogP contribution in [0.25, 0.3) is 11.0 Å². The van der Waals surface area contributed by atoms with Crippen LogP contribution >= 0.6 is 11.8 Å². The molecule has 2 heterocycles. The Morgan fingerprint density at radius 2 is 2.24 bits per heavy atom. The SMILES string of the molecule is Cc1ccc2nc(Sc3nnccc3/C(N)=N/O)[nH]c2c1. The van der Waals surface area contributed by atoms with Crippen molar-refractivity contribution in [3.8, 4) is 0 Å². The minimum Gasteiger partial charge on any atom is -0.409 e. The Kier molecular flexibility index (Phi) is 3.44. The Morgan fingerprint density at radius 3 is 3.05 bits per heavy atom. The Hall–Kier alpha value is -2.61.